The Balaban J connectivity index is 1.97. The molecule has 0 aliphatic rings. The summed E-state index contributed by atoms with van der Waals surface area (Å²) in [6.45, 7) is 2.60. The van der Waals surface area contributed by atoms with Crippen LogP contribution < -0.4 is 5.32 Å². The molecule has 0 amide bonds. The Labute approximate surface area is 139 Å². The molecule has 2 aromatic carbocycles. The first kappa shape index (κ1) is 16.5. The van der Waals surface area contributed by atoms with Crippen molar-refractivity contribution in [1.29, 1.82) is 0 Å². The summed E-state index contributed by atoms with van der Waals surface area (Å²) < 4.78 is 37.9. The maximum absolute atomic E-state index is 12.2. The van der Waals surface area contributed by atoms with Crippen LogP contribution in [0.5, 0.6) is 0 Å². The number of aryl methyl sites for hydroxylation is 1. The van der Waals surface area contributed by atoms with Gasteiger partial charge in [-0.3, -0.25) is 0 Å². The first-order valence-corrected chi connectivity index (χ1v) is 8.08. The van der Waals surface area contributed by atoms with Crippen LogP contribution in [0.15, 0.2) is 47.4 Å². The van der Waals surface area contributed by atoms with Gasteiger partial charge in [-0.1, -0.05) is 12.1 Å². The highest BCUT2D eigenvalue weighted by Crippen LogP contribution is 2.36. The van der Waals surface area contributed by atoms with Crippen molar-refractivity contribution >= 4 is 40.0 Å². The van der Waals surface area contributed by atoms with E-state index in [0.29, 0.717) is 6.54 Å². The second-order valence-corrected chi connectivity index (χ2v) is 6.89. The Kier molecular flexibility index (Phi) is 5.43. The van der Waals surface area contributed by atoms with E-state index in [2.05, 4.69) is 34.0 Å². The monoisotopic (exact) mass is 423 g/mol. The first-order valence-electron chi connectivity index (χ1n) is 6.18. The quantitative estimate of drug-likeness (QED) is 0.491. The summed E-state index contributed by atoms with van der Waals surface area (Å²) in [5, 5.41) is 3.29. The predicted molar refractivity (Wildman–Crippen MR) is 89.6 cm³/mol. The van der Waals surface area contributed by atoms with Gasteiger partial charge in [0.1, 0.15) is 0 Å². The summed E-state index contributed by atoms with van der Waals surface area (Å²) in [6, 6.07) is 12.5. The fourth-order valence-corrected chi connectivity index (χ4v) is 3.02. The standard InChI is InChI=1S/C15H13F3INS/c1-10-8-12(19)4-7-14(10)20-9-11-2-5-13(6-3-11)21-15(16,17)18/h2-8,20H,9H2,1H3. The van der Waals surface area contributed by atoms with Crippen LogP contribution in [0.25, 0.3) is 0 Å². The lowest BCUT2D eigenvalue weighted by molar-refractivity contribution is -0.0328. The summed E-state index contributed by atoms with van der Waals surface area (Å²) >= 11 is 2.16. The molecule has 0 unspecified atom stereocenters. The molecule has 0 aliphatic heterocycles. The van der Waals surface area contributed by atoms with E-state index in [9.17, 15) is 13.2 Å². The van der Waals surface area contributed by atoms with E-state index in [1.54, 1.807) is 12.1 Å². The zero-order valence-corrected chi connectivity index (χ0v) is 14.1. The van der Waals surface area contributed by atoms with Crippen molar-refractivity contribution in [1.82, 2.24) is 0 Å². The molecule has 0 saturated heterocycles. The molecular formula is C15H13F3INS. The molecule has 0 heterocycles. The molecule has 2 rings (SSSR count). The number of anilines is 1. The van der Waals surface area contributed by atoms with Gasteiger partial charge in [0.05, 0.1) is 0 Å². The second-order valence-electron chi connectivity index (χ2n) is 4.50. The zero-order chi connectivity index (χ0) is 15.5. The fraction of sp³-hybridized carbons (Fsp3) is 0.200. The minimum absolute atomic E-state index is 0.0933. The van der Waals surface area contributed by atoms with E-state index in [0.717, 1.165) is 16.8 Å². The van der Waals surface area contributed by atoms with Gasteiger partial charge >= 0.3 is 5.51 Å². The molecule has 0 spiro atoms. The molecule has 0 aromatic heterocycles. The van der Waals surface area contributed by atoms with Crippen LogP contribution in [0.1, 0.15) is 11.1 Å². The van der Waals surface area contributed by atoms with Crippen LogP contribution in [-0.2, 0) is 6.54 Å². The number of benzene rings is 2. The highest BCUT2D eigenvalue weighted by atomic mass is 127. The highest BCUT2D eigenvalue weighted by molar-refractivity contribution is 14.1. The lowest BCUT2D eigenvalue weighted by Gasteiger charge is -2.11. The van der Waals surface area contributed by atoms with Crippen molar-refractivity contribution in [3.8, 4) is 0 Å². The molecule has 21 heavy (non-hydrogen) atoms. The molecule has 0 atom stereocenters. The van der Waals surface area contributed by atoms with Crippen molar-refractivity contribution in [3.05, 3.63) is 57.2 Å². The van der Waals surface area contributed by atoms with E-state index in [1.165, 1.54) is 15.7 Å². The lowest BCUT2D eigenvalue weighted by Crippen LogP contribution is -2.02. The Bertz CT molecular complexity index is 611. The van der Waals surface area contributed by atoms with Crippen LogP contribution in [0.2, 0.25) is 0 Å². The third-order valence-corrected chi connectivity index (χ3v) is 4.24. The summed E-state index contributed by atoms with van der Waals surface area (Å²) in [5.74, 6) is 0. The molecular weight excluding hydrogens is 410 g/mol. The highest BCUT2D eigenvalue weighted by Gasteiger charge is 2.28. The van der Waals surface area contributed by atoms with Gasteiger partial charge in [0.15, 0.2) is 0 Å². The Morgan fingerprint density at radius 3 is 2.33 bits per heavy atom. The van der Waals surface area contributed by atoms with Crippen molar-refractivity contribution in [2.75, 3.05) is 5.32 Å². The SMILES string of the molecule is Cc1cc(I)ccc1NCc1ccc(SC(F)(F)F)cc1. The van der Waals surface area contributed by atoms with Crippen molar-refractivity contribution in [3.63, 3.8) is 0 Å². The van der Waals surface area contributed by atoms with E-state index >= 15 is 0 Å². The average Bonchev–Trinajstić information content (AvgIpc) is 2.38. The Morgan fingerprint density at radius 1 is 1.10 bits per heavy atom. The Morgan fingerprint density at radius 2 is 1.76 bits per heavy atom. The van der Waals surface area contributed by atoms with Gasteiger partial charge < -0.3 is 5.32 Å². The van der Waals surface area contributed by atoms with Gasteiger partial charge in [-0.25, -0.2) is 0 Å². The number of rotatable bonds is 4. The maximum atomic E-state index is 12.2. The third kappa shape index (κ3) is 5.43. The Hall–Kier alpha value is -0.890. The van der Waals surface area contributed by atoms with E-state index in [1.807, 2.05) is 19.1 Å². The minimum atomic E-state index is -4.24. The predicted octanol–water partition coefficient (Wildman–Crippen LogP) is 5.82. The van der Waals surface area contributed by atoms with E-state index in [-0.39, 0.29) is 16.7 Å². The van der Waals surface area contributed by atoms with E-state index in [4.69, 9.17) is 0 Å². The van der Waals surface area contributed by atoms with Gasteiger partial charge in [0, 0.05) is 20.7 Å². The molecule has 0 saturated carbocycles. The smallest absolute Gasteiger partial charge is 0.381 e. The van der Waals surface area contributed by atoms with Crippen molar-refractivity contribution in [2.45, 2.75) is 23.9 Å². The van der Waals surface area contributed by atoms with E-state index < -0.39 is 5.51 Å². The van der Waals surface area contributed by atoms with Crippen LogP contribution in [0.3, 0.4) is 0 Å². The van der Waals surface area contributed by atoms with Gasteiger partial charge in [0.2, 0.25) is 0 Å². The first-order chi connectivity index (χ1) is 9.83. The van der Waals surface area contributed by atoms with Crippen LogP contribution >= 0.6 is 34.4 Å². The second kappa shape index (κ2) is 6.91. The fourth-order valence-electron chi connectivity index (χ4n) is 1.83. The molecule has 112 valence electrons. The molecule has 0 aliphatic carbocycles. The maximum Gasteiger partial charge on any atom is 0.446 e. The average molecular weight is 423 g/mol. The number of hydrogen-bond acceptors (Lipinski definition) is 2. The summed E-state index contributed by atoms with van der Waals surface area (Å²) in [6.07, 6.45) is 0. The van der Waals surface area contributed by atoms with Crippen LogP contribution in [0.4, 0.5) is 18.9 Å². The molecule has 0 fully saturated rings. The van der Waals surface area contributed by atoms with Gasteiger partial charge in [-0.15, -0.1) is 0 Å². The van der Waals surface area contributed by atoms with Crippen molar-refractivity contribution in [2.24, 2.45) is 0 Å². The van der Waals surface area contributed by atoms with Gasteiger partial charge in [-0.2, -0.15) is 13.2 Å². The minimum Gasteiger partial charge on any atom is -0.381 e. The van der Waals surface area contributed by atoms with Crippen LogP contribution in [0, 0.1) is 10.5 Å². The topological polar surface area (TPSA) is 12.0 Å². The summed E-state index contributed by atoms with van der Waals surface area (Å²) in [4.78, 5) is 0.205. The van der Waals surface area contributed by atoms with Crippen molar-refractivity contribution < 1.29 is 13.2 Å². The van der Waals surface area contributed by atoms with Gasteiger partial charge in [-0.05, 0) is 82.7 Å². The molecule has 0 radical (unpaired) electrons. The molecule has 1 nitrogen and oxygen atoms in total. The number of alkyl halides is 3. The summed E-state index contributed by atoms with van der Waals surface area (Å²) in [5.41, 5.74) is -1.12. The lowest BCUT2D eigenvalue weighted by atomic mass is 10.2. The number of nitrogens with one attached hydrogen (secondary N) is 1. The normalized spacial score (nSPS) is 11.5. The molecule has 1 N–H and O–H groups in total. The number of halogens is 4. The number of thioether (sulfide) groups is 1. The molecule has 0 bridgehead atoms. The summed E-state index contributed by atoms with van der Waals surface area (Å²) in [7, 11) is 0. The van der Waals surface area contributed by atoms with Gasteiger partial charge in [0.25, 0.3) is 0 Å². The third-order valence-electron chi connectivity index (χ3n) is 2.83. The number of hydrogen-bond donors (Lipinski definition) is 1. The molecule has 2 aromatic rings. The largest absolute Gasteiger partial charge is 0.446 e. The zero-order valence-electron chi connectivity index (χ0n) is 11.2. The molecule has 6 heteroatoms. The van der Waals surface area contributed by atoms with Crippen LogP contribution in [-0.4, -0.2) is 5.51 Å².